The molecule has 0 fully saturated rings. The van der Waals surface area contributed by atoms with Crippen LogP contribution >= 0.6 is 22.6 Å². The molecule has 2 aromatic rings. The number of carbonyl (C=O) groups is 1. The second kappa shape index (κ2) is 11.4. The van der Waals surface area contributed by atoms with Gasteiger partial charge in [0.2, 0.25) is 0 Å². The number of fused-ring (bicyclic) bond motifs is 1. The van der Waals surface area contributed by atoms with Crippen LogP contribution in [0.2, 0.25) is 0 Å². The second-order valence-electron chi connectivity index (χ2n) is 8.48. The molecule has 1 aliphatic rings. The van der Waals surface area contributed by atoms with Crippen LogP contribution in [0.15, 0.2) is 46.1 Å². The Labute approximate surface area is 208 Å². The molecule has 0 saturated heterocycles. The predicted molar refractivity (Wildman–Crippen MR) is 139 cm³/mol. The van der Waals surface area contributed by atoms with Crippen molar-refractivity contribution in [3.05, 3.63) is 68.4 Å². The number of amides is 1. The van der Waals surface area contributed by atoms with Crippen molar-refractivity contribution in [2.75, 3.05) is 13.2 Å². The largest absolute Gasteiger partial charge is 0.493 e. The van der Waals surface area contributed by atoms with E-state index in [9.17, 15) is 4.79 Å². The van der Waals surface area contributed by atoms with E-state index in [2.05, 4.69) is 30.3 Å². The monoisotopic (exact) mass is 559 g/mol. The van der Waals surface area contributed by atoms with Crippen molar-refractivity contribution < 1.29 is 9.53 Å². The molecule has 3 rings (SSSR count). The van der Waals surface area contributed by atoms with Crippen molar-refractivity contribution >= 4 is 39.9 Å². The van der Waals surface area contributed by atoms with Crippen molar-refractivity contribution in [1.82, 2.24) is 15.1 Å². The van der Waals surface area contributed by atoms with Gasteiger partial charge in [-0.05, 0) is 82.8 Å². The summed E-state index contributed by atoms with van der Waals surface area (Å²) in [5, 5.41) is 24.2. The molecule has 0 saturated carbocycles. The molecule has 1 aromatic carbocycles. The van der Waals surface area contributed by atoms with E-state index in [0.29, 0.717) is 34.8 Å². The molecule has 1 amide bonds. The molecule has 1 aromatic heterocycles. The average Bonchev–Trinajstić information content (AvgIpc) is 3.25. The fraction of sp³-hybridized carbons (Fsp3) is 0.360. The van der Waals surface area contributed by atoms with Crippen molar-refractivity contribution in [2.45, 2.75) is 40.0 Å². The molecule has 8 heteroatoms. The molecule has 0 radical (unpaired) electrons. The van der Waals surface area contributed by atoms with E-state index in [4.69, 9.17) is 15.6 Å². The van der Waals surface area contributed by atoms with Gasteiger partial charge in [0.25, 0.3) is 5.91 Å². The molecule has 7 nitrogen and oxygen atoms in total. The zero-order chi connectivity index (χ0) is 24.0. The van der Waals surface area contributed by atoms with Gasteiger partial charge in [-0.3, -0.25) is 15.6 Å². The van der Waals surface area contributed by atoms with Crippen LogP contribution in [0.1, 0.15) is 44.0 Å². The highest BCUT2D eigenvalue weighted by Crippen LogP contribution is 2.26. The molecule has 0 unspecified atom stereocenters. The number of nitrogens with one attached hydrogen (secondary N) is 3. The number of hydrogen-bond donors (Lipinski definition) is 3. The Bertz CT molecular complexity index is 1160. The average molecular weight is 559 g/mol. The Morgan fingerprint density at radius 3 is 2.85 bits per heavy atom. The lowest BCUT2D eigenvalue weighted by Crippen LogP contribution is -2.30. The number of carbonyl (C=O) groups excluding carboxylic acids is 1. The van der Waals surface area contributed by atoms with Crippen LogP contribution in [0.5, 0.6) is 5.75 Å². The molecule has 2 heterocycles. The van der Waals surface area contributed by atoms with E-state index >= 15 is 0 Å². The second-order valence-corrected chi connectivity index (χ2v) is 9.64. The van der Waals surface area contributed by atoms with Gasteiger partial charge in [-0.15, -0.1) is 0 Å². The van der Waals surface area contributed by atoms with Gasteiger partial charge in [0.05, 0.1) is 15.9 Å². The molecule has 174 valence electrons. The lowest BCUT2D eigenvalue weighted by atomic mass is 10.1. The third-order valence-electron chi connectivity index (χ3n) is 5.32. The summed E-state index contributed by atoms with van der Waals surface area (Å²) in [7, 11) is 0. The van der Waals surface area contributed by atoms with Crippen LogP contribution < -0.4 is 15.5 Å². The minimum Gasteiger partial charge on any atom is -0.493 e. The standard InChI is InChI=1S/C25H30IN5O2/c1-16(2)10-12-29-25(32)20(26)6-4-17(3)21-7-9-23(27)31(30-21)24(28)15-18-5-8-22-19(14-18)11-13-33-22/h4-9,14,16,27-28H,10-13,15H2,1-3H3,(H,29,32)/b17-4+,20-6-,27-23?,28-24?. The Morgan fingerprint density at radius 2 is 2.09 bits per heavy atom. The van der Waals surface area contributed by atoms with E-state index < -0.39 is 0 Å². The van der Waals surface area contributed by atoms with E-state index in [1.54, 1.807) is 18.2 Å². The highest BCUT2D eigenvalue weighted by atomic mass is 127. The summed E-state index contributed by atoms with van der Waals surface area (Å²) in [6, 6.07) is 9.36. The molecular weight excluding hydrogens is 529 g/mol. The summed E-state index contributed by atoms with van der Waals surface area (Å²) in [6.07, 6.45) is 5.80. The smallest absolute Gasteiger partial charge is 0.257 e. The van der Waals surface area contributed by atoms with E-state index in [1.165, 1.54) is 4.68 Å². The molecule has 3 N–H and O–H groups in total. The van der Waals surface area contributed by atoms with Crippen LogP contribution in [0.25, 0.3) is 5.57 Å². The fourth-order valence-corrected chi connectivity index (χ4v) is 3.75. The molecule has 0 atom stereocenters. The molecule has 0 aliphatic carbocycles. The summed E-state index contributed by atoms with van der Waals surface area (Å²) < 4.78 is 7.49. The van der Waals surface area contributed by atoms with Crippen LogP contribution in [0.3, 0.4) is 0 Å². The number of rotatable bonds is 8. The Kier molecular flexibility index (Phi) is 8.60. The van der Waals surface area contributed by atoms with Gasteiger partial charge in [0.1, 0.15) is 17.1 Å². The van der Waals surface area contributed by atoms with Crippen molar-refractivity contribution in [3.8, 4) is 5.75 Å². The third-order valence-corrected chi connectivity index (χ3v) is 6.17. The summed E-state index contributed by atoms with van der Waals surface area (Å²) in [4.78, 5) is 12.2. The zero-order valence-corrected chi connectivity index (χ0v) is 21.4. The summed E-state index contributed by atoms with van der Waals surface area (Å²) >= 11 is 2.03. The molecular formula is C25H30IN5O2. The first kappa shape index (κ1) is 24.9. The first-order chi connectivity index (χ1) is 15.7. The van der Waals surface area contributed by atoms with Crippen molar-refractivity contribution in [1.29, 1.82) is 10.8 Å². The van der Waals surface area contributed by atoms with Gasteiger partial charge < -0.3 is 10.1 Å². The van der Waals surface area contributed by atoms with Gasteiger partial charge in [-0.2, -0.15) is 5.10 Å². The van der Waals surface area contributed by atoms with Gasteiger partial charge >= 0.3 is 0 Å². The number of hydrogen-bond acceptors (Lipinski definition) is 5. The topological polar surface area (TPSA) is 104 Å². The minimum absolute atomic E-state index is 0.0913. The molecule has 1 aliphatic heterocycles. The number of halogens is 1. The van der Waals surface area contributed by atoms with E-state index in [0.717, 1.165) is 35.3 Å². The van der Waals surface area contributed by atoms with E-state index in [1.807, 2.05) is 47.7 Å². The van der Waals surface area contributed by atoms with Gasteiger partial charge in [-0.25, -0.2) is 4.68 Å². The highest BCUT2D eigenvalue weighted by Gasteiger charge is 2.14. The summed E-state index contributed by atoms with van der Waals surface area (Å²) in [5.41, 5.74) is 3.80. The maximum Gasteiger partial charge on any atom is 0.257 e. The SMILES string of the molecule is C/C(=C\C=C(/I)C(=O)NCCC(C)C)c1ccc(=N)n(C(=N)Cc2ccc3c(c2)CCO3)n1. The maximum absolute atomic E-state index is 12.2. The molecule has 33 heavy (non-hydrogen) atoms. The molecule has 0 spiro atoms. The normalized spacial score (nSPS) is 13.6. The Morgan fingerprint density at radius 1 is 1.30 bits per heavy atom. The fourth-order valence-electron chi connectivity index (χ4n) is 3.38. The predicted octanol–water partition coefficient (Wildman–Crippen LogP) is 4.25. The molecule has 0 bridgehead atoms. The van der Waals surface area contributed by atoms with Crippen LogP contribution in [-0.4, -0.2) is 34.7 Å². The minimum atomic E-state index is -0.0913. The zero-order valence-electron chi connectivity index (χ0n) is 19.2. The van der Waals surface area contributed by atoms with Crippen LogP contribution in [0, 0.1) is 16.7 Å². The first-order valence-electron chi connectivity index (χ1n) is 11.0. The van der Waals surface area contributed by atoms with Crippen LogP contribution in [-0.2, 0) is 17.6 Å². The first-order valence-corrected chi connectivity index (χ1v) is 12.1. The van der Waals surface area contributed by atoms with Crippen LogP contribution in [0.4, 0.5) is 0 Å². The lowest BCUT2D eigenvalue weighted by molar-refractivity contribution is -0.116. The maximum atomic E-state index is 12.2. The highest BCUT2D eigenvalue weighted by molar-refractivity contribution is 14.1. The number of nitrogens with zero attached hydrogens (tertiary/aromatic N) is 2. The number of allylic oxidation sites excluding steroid dienone is 3. The lowest BCUT2D eigenvalue weighted by Gasteiger charge is -2.10. The van der Waals surface area contributed by atoms with Gasteiger partial charge in [0, 0.05) is 19.4 Å². The number of benzene rings is 1. The Hall–Kier alpha value is -2.75. The third kappa shape index (κ3) is 6.86. The van der Waals surface area contributed by atoms with E-state index in [-0.39, 0.29) is 17.2 Å². The summed E-state index contributed by atoms with van der Waals surface area (Å²) in [5.74, 6) is 1.59. The van der Waals surface area contributed by atoms with Crippen molar-refractivity contribution in [3.63, 3.8) is 0 Å². The van der Waals surface area contributed by atoms with Gasteiger partial charge in [0.15, 0.2) is 0 Å². The van der Waals surface area contributed by atoms with Gasteiger partial charge in [-0.1, -0.05) is 32.1 Å². The quantitative estimate of drug-likeness (QED) is 0.148. The Balaban J connectivity index is 1.71. The number of aromatic nitrogens is 2. The number of ether oxygens (including phenoxy) is 1. The van der Waals surface area contributed by atoms with Crippen molar-refractivity contribution in [2.24, 2.45) is 5.92 Å². The summed E-state index contributed by atoms with van der Waals surface area (Å²) in [6.45, 7) is 7.51.